The summed E-state index contributed by atoms with van der Waals surface area (Å²) in [4.78, 5) is 24.1. The van der Waals surface area contributed by atoms with Gasteiger partial charge in [-0.05, 0) is 65.1 Å². The predicted molar refractivity (Wildman–Crippen MR) is 140 cm³/mol. The first-order valence-electron chi connectivity index (χ1n) is 12.5. The summed E-state index contributed by atoms with van der Waals surface area (Å²) in [5.74, 6) is 0.460. The van der Waals surface area contributed by atoms with E-state index >= 15 is 0 Å². The molecule has 2 aliphatic carbocycles. The van der Waals surface area contributed by atoms with E-state index in [1.54, 1.807) is 6.08 Å². The average Bonchev–Trinajstić information content (AvgIpc) is 2.82. The molecule has 2 atom stereocenters. The maximum Gasteiger partial charge on any atom is 0.161 e. The summed E-state index contributed by atoms with van der Waals surface area (Å²) in [6.07, 6.45) is 10.6. The lowest BCUT2D eigenvalue weighted by atomic mass is 9.66. The van der Waals surface area contributed by atoms with Crippen LogP contribution in [0.2, 0.25) is 0 Å². The number of Topliss-reactive ketones (excluding diaryl/α,β-unsaturated/α-hetero) is 1. The SMILES string of the molecule is CC(C)(C)/C=C/C(=O)C1(C)CC(O)CC1(C)C.CC1=C(/C=C/C(C)(C)C)C(C)(C)CCC1=O. The van der Waals surface area contributed by atoms with Gasteiger partial charge in [-0.1, -0.05) is 94.4 Å². The van der Waals surface area contributed by atoms with Crippen molar-refractivity contribution in [1.82, 2.24) is 0 Å². The fraction of sp³-hybridized carbons (Fsp3) is 0.733. The van der Waals surface area contributed by atoms with Crippen molar-refractivity contribution in [3.63, 3.8) is 0 Å². The Morgan fingerprint density at radius 2 is 1.45 bits per heavy atom. The number of hydrogen-bond acceptors (Lipinski definition) is 3. The number of ketones is 2. The lowest BCUT2D eigenvalue weighted by Gasteiger charge is -2.35. The Morgan fingerprint density at radius 1 is 0.939 bits per heavy atom. The highest BCUT2D eigenvalue weighted by Crippen LogP contribution is 2.53. The zero-order chi connectivity index (χ0) is 26.0. The van der Waals surface area contributed by atoms with Crippen molar-refractivity contribution in [3.05, 3.63) is 35.5 Å². The first kappa shape index (κ1) is 29.6. The second-order valence-electron chi connectivity index (χ2n) is 13.9. The van der Waals surface area contributed by atoms with Crippen LogP contribution in [0.15, 0.2) is 35.5 Å². The molecular weight excluding hydrogens is 408 g/mol. The van der Waals surface area contributed by atoms with E-state index in [0.29, 0.717) is 25.0 Å². The monoisotopic (exact) mass is 458 g/mol. The van der Waals surface area contributed by atoms with Gasteiger partial charge in [0.2, 0.25) is 0 Å². The highest BCUT2D eigenvalue weighted by Gasteiger charge is 2.52. The third-order valence-corrected chi connectivity index (χ3v) is 7.44. The third kappa shape index (κ3) is 8.05. The van der Waals surface area contributed by atoms with E-state index in [-0.39, 0.29) is 33.5 Å². The minimum atomic E-state index is -0.436. The molecule has 0 radical (unpaired) electrons. The molecule has 0 bridgehead atoms. The number of hydrogen-bond donors (Lipinski definition) is 1. The molecular formula is C30H50O3. The van der Waals surface area contributed by atoms with Gasteiger partial charge >= 0.3 is 0 Å². The second kappa shape index (κ2) is 10.0. The molecule has 2 unspecified atom stereocenters. The van der Waals surface area contributed by atoms with Crippen LogP contribution < -0.4 is 0 Å². The fourth-order valence-electron chi connectivity index (χ4n) is 4.67. The van der Waals surface area contributed by atoms with Crippen molar-refractivity contribution < 1.29 is 14.7 Å². The van der Waals surface area contributed by atoms with Crippen LogP contribution in [0.25, 0.3) is 0 Å². The van der Waals surface area contributed by atoms with Crippen molar-refractivity contribution in [2.24, 2.45) is 27.1 Å². The van der Waals surface area contributed by atoms with E-state index < -0.39 is 5.41 Å². The van der Waals surface area contributed by atoms with Crippen molar-refractivity contribution in [3.8, 4) is 0 Å². The lowest BCUT2D eigenvalue weighted by molar-refractivity contribution is -0.127. The van der Waals surface area contributed by atoms with Gasteiger partial charge in [-0.2, -0.15) is 0 Å². The van der Waals surface area contributed by atoms with E-state index in [0.717, 1.165) is 12.0 Å². The van der Waals surface area contributed by atoms with Crippen LogP contribution in [0.1, 0.15) is 109 Å². The van der Waals surface area contributed by atoms with Crippen molar-refractivity contribution in [2.75, 3.05) is 0 Å². The summed E-state index contributed by atoms with van der Waals surface area (Å²) < 4.78 is 0. The van der Waals surface area contributed by atoms with Gasteiger partial charge < -0.3 is 5.11 Å². The topological polar surface area (TPSA) is 54.4 Å². The van der Waals surface area contributed by atoms with E-state index in [1.807, 2.05) is 19.9 Å². The summed E-state index contributed by atoms with van der Waals surface area (Å²) >= 11 is 0. The number of carbonyl (C=O) groups is 2. The van der Waals surface area contributed by atoms with E-state index in [2.05, 4.69) is 81.4 Å². The Bertz CT molecular complexity index is 822. The molecule has 33 heavy (non-hydrogen) atoms. The van der Waals surface area contributed by atoms with Crippen LogP contribution in [-0.4, -0.2) is 22.8 Å². The number of carbonyl (C=O) groups excluding carboxylic acids is 2. The average molecular weight is 459 g/mol. The molecule has 1 N–H and O–H groups in total. The molecule has 0 amide bonds. The number of allylic oxidation sites excluding steroid dienone is 6. The number of aliphatic hydroxyl groups excluding tert-OH is 1. The lowest BCUT2D eigenvalue weighted by Crippen LogP contribution is -2.36. The normalized spacial score (nSPS) is 27.8. The van der Waals surface area contributed by atoms with Crippen LogP contribution in [0.5, 0.6) is 0 Å². The Balaban J connectivity index is 0.000000331. The summed E-state index contributed by atoms with van der Waals surface area (Å²) in [5, 5.41) is 9.80. The molecule has 0 aromatic carbocycles. The van der Waals surface area contributed by atoms with Gasteiger partial charge in [-0.3, -0.25) is 9.59 Å². The highest BCUT2D eigenvalue weighted by molar-refractivity contribution is 5.97. The molecule has 3 heteroatoms. The van der Waals surface area contributed by atoms with Crippen LogP contribution in [0, 0.1) is 27.1 Å². The standard InChI is InChI=1S/C15H26O2.C15H24O/c1-13(2,3)8-7-12(17)15(6)10-11(16)9-14(15,4)5;1-11-12(7-9-14(2,3)4)15(5,6)10-8-13(11)16/h7-8,11,16H,9-10H2,1-6H3;7,9H,8,10H2,1-6H3/b8-7+;9-7+. The van der Waals surface area contributed by atoms with Gasteiger partial charge in [0.1, 0.15) is 0 Å². The maximum atomic E-state index is 12.4. The summed E-state index contributed by atoms with van der Waals surface area (Å²) in [5.41, 5.74) is 1.94. The molecule has 0 aliphatic heterocycles. The summed E-state index contributed by atoms with van der Waals surface area (Å²) in [7, 11) is 0. The predicted octanol–water partition coefficient (Wildman–Crippen LogP) is 7.64. The van der Waals surface area contributed by atoms with Gasteiger partial charge in [0.15, 0.2) is 11.6 Å². The van der Waals surface area contributed by atoms with Crippen molar-refractivity contribution in [2.45, 2.75) is 115 Å². The Labute approximate surface area is 203 Å². The molecule has 188 valence electrons. The van der Waals surface area contributed by atoms with Crippen LogP contribution in [-0.2, 0) is 9.59 Å². The third-order valence-electron chi connectivity index (χ3n) is 7.44. The van der Waals surface area contributed by atoms with Crippen LogP contribution >= 0.6 is 0 Å². The molecule has 2 aliphatic rings. The molecule has 1 fully saturated rings. The number of aliphatic hydroxyl groups is 1. The molecule has 0 aromatic rings. The molecule has 0 heterocycles. The minimum Gasteiger partial charge on any atom is -0.393 e. The van der Waals surface area contributed by atoms with Gasteiger partial charge in [-0.15, -0.1) is 0 Å². The van der Waals surface area contributed by atoms with Gasteiger partial charge in [0.25, 0.3) is 0 Å². The highest BCUT2D eigenvalue weighted by atomic mass is 16.3. The summed E-state index contributed by atoms with van der Waals surface area (Å²) in [6.45, 7) is 25.3. The van der Waals surface area contributed by atoms with E-state index in [9.17, 15) is 14.7 Å². The second-order valence-corrected chi connectivity index (χ2v) is 13.9. The smallest absolute Gasteiger partial charge is 0.161 e. The largest absolute Gasteiger partial charge is 0.393 e. The zero-order valence-electron chi connectivity index (χ0n) is 23.5. The van der Waals surface area contributed by atoms with E-state index in [4.69, 9.17) is 0 Å². The fourth-order valence-corrected chi connectivity index (χ4v) is 4.67. The number of rotatable bonds is 3. The Kier molecular flexibility index (Phi) is 8.97. The van der Waals surface area contributed by atoms with Gasteiger partial charge in [-0.25, -0.2) is 0 Å². The van der Waals surface area contributed by atoms with E-state index in [1.165, 1.54) is 5.57 Å². The Morgan fingerprint density at radius 3 is 1.88 bits per heavy atom. The molecule has 0 saturated heterocycles. The molecule has 0 aromatic heterocycles. The first-order valence-corrected chi connectivity index (χ1v) is 12.5. The Hall–Kier alpha value is -1.48. The molecule has 2 rings (SSSR count). The summed E-state index contributed by atoms with van der Waals surface area (Å²) in [6, 6.07) is 0. The first-order chi connectivity index (χ1) is 14.6. The van der Waals surface area contributed by atoms with Crippen molar-refractivity contribution in [1.29, 1.82) is 0 Å². The molecule has 1 saturated carbocycles. The van der Waals surface area contributed by atoms with Crippen molar-refractivity contribution >= 4 is 11.6 Å². The molecule has 0 spiro atoms. The van der Waals surface area contributed by atoms with Crippen LogP contribution in [0.3, 0.4) is 0 Å². The minimum absolute atomic E-state index is 0.0212. The van der Waals surface area contributed by atoms with Gasteiger partial charge in [0.05, 0.1) is 6.10 Å². The van der Waals surface area contributed by atoms with Gasteiger partial charge in [0, 0.05) is 11.8 Å². The quantitative estimate of drug-likeness (QED) is 0.442. The van der Waals surface area contributed by atoms with Crippen LogP contribution in [0.4, 0.5) is 0 Å². The maximum absolute atomic E-state index is 12.4. The zero-order valence-corrected chi connectivity index (χ0v) is 23.5. The molecule has 3 nitrogen and oxygen atoms in total.